The molecule has 190 valence electrons. The first-order chi connectivity index (χ1) is 17.1. The molecule has 2 atom stereocenters. The quantitative estimate of drug-likeness (QED) is 0.367. The lowest BCUT2D eigenvalue weighted by atomic mass is 9.83. The number of hydrogen-bond donors (Lipinski definition) is 1. The second-order valence-corrected chi connectivity index (χ2v) is 9.75. The van der Waals surface area contributed by atoms with Crippen molar-refractivity contribution in [3.05, 3.63) is 105 Å². The van der Waals surface area contributed by atoms with E-state index in [-0.39, 0.29) is 30.1 Å². The summed E-state index contributed by atoms with van der Waals surface area (Å²) < 4.78 is 53.0. The SMILES string of the molecule is Cc1cc([C@H]2C[C@@H](C(=O)NCc3cccc(C(F)(F)F)c3)CN(Cc3ccccc3Cl)C2)ccc1F. The third-order valence-corrected chi connectivity index (χ3v) is 6.99. The molecule has 0 saturated carbocycles. The van der Waals surface area contributed by atoms with Crippen LogP contribution < -0.4 is 5.32 Å². The smallest absolute Gasteiger partial charge is 0.352 e. The van der Waals surface area contributed by atoms with Crippen LogP contribution in [0.15, 0.2) is 66.7 Å². The monoisotopic (exact) mass is 518 g/mol. The number of likely N-dealkylation sites (tertiary alicyclic amines) is 1. The minimum Gasteiger partial charge on any atom is -0.352 e. The van der Waals surface area contributed by atoms with E-state index < -0.39 is 11.7 Å². The maximum Gasteiger partial charge on any atom is 0.416 e. The van der Waals surface area contributed by atoms with Gasteiger partial charge in [0.05, 0.1) is 11.5 Å². The van der Waals surface area contributed by atoms with Gasteiger partial charge in [0.25, 0.3) is 0 Å². The van der Waals surface area contributed by atoms with E-state index in [4.69, 9.17) is 11.6 Å². The summed E-state index contributed by atoms with van der Waals surface area (Å²) in [6.07, 6.45) is -3.89. The van der Waals surface area contributed by atoms with Crippen molar-refractivity contribution in [3.63, 3.8) is 0 Å². The fourth-order valence-electron chi connectivity index (χ4n) is 4.73. The van der Waals surface area contributed by atoms with Gasteiger partial charge in [-0.2, -0.15) is 13.2 Å². The largest absolute Gasteiger partial charge is 0.416 e. The van der Waals surface area contributed by atoms with Gasteiger partial charge in [0.1, 0.15) is 5.82 Å². The molecule has 1 aliphatic heterocycles. The average molecular weight is 519 g/mol. The lowest BCUT2D eigenvalue weighted by Crippen LogP contribution is -2.45. The van der Waals surface area contributed by atoms with E-state index in [0.29, 0.717) is 42.2 Å². The van der Waals surface area contributed by atoms with E-state index in [0.717, 1.165) is 23.3 Å². The number of nitrogens with one attached hydrogen (secondary N) is 1. The third kappa shape index (κ3) is 6.45. The maximum atomic E-state index is 13.9. The summed E-state index contributed by atoms with van der Waals surface area (Å²) in [7, 11) is 0. The van der Waals surface area contributed by atoms with Crippen LogP contribution in [-0.2, 0) is 24.1 Å². The molecule has 1 saturated heterocycles. The van der Waals surface area contributed by atoms with Crippen LogP contribution in [-0.4, -0.2) is 23.9 Å². The van der Waals surface area contributed by atoms with E-state index in [1.165, 1.54) is 12.1 Å². The summed E-state index contributed by atoms with van der Waals surface area (Å²) in [5, 5.41) is 3.46. The molecule has 0 aromatic heterocycles. The van der Waals surface area contributed by atoms with E-state index in [2.05, 4.69) is 10.2 Å². The lowest BCUT2D eigenvalue weighted by molar-refractivity contribution is -0.137. The van der Waals surface area contributed by atoms with Crippen molar-refractivity contribution < 1.29 is 22.4 Å². The molecule has 0 aliphatic carbocycles. The van der Waals surface area contributed by atoms with Gasteiger partial charge in [-0.05, 0) is 65.8 Å². The van der Waals surface area contributed by atoms with Crippen LogP contribution in [0.2, 0.25) is 5.02 Å². The van der Waals surface area contributed by atoms with Gasteiger partial charge in [-0.1, -0.05) is 54.1 Å². The fraction of sp³-hybridized carbons (Fsp3) is 0.321. The van der Waals surface area contributed by atoms with E-state index >= 15 is 0 Å². The lowest BCUT2D eigenvalue weighted by Gasteiger charge is -2.37. The number of benzene rings is 3. The Morgan fingerprint density at radius 2 is 1.83 bits per heavy atom. The predicted octanol–water partition coefficient (Wildman–Crippen LogP) is 6.73. The van der Waals surface area contributed by atoms with Crippen molar-refractivity contribution in [2.24, 2.45) is 5.92 Å². The Balaban J connectivity index is 1.51. The van der Waals surface area contributed by atoms with Crippen molar-refractivity contribution in [1.29, 1.82) is 0 Å². The van der Waals surface area contributed by atoms with E-state index in [9.17, 15) is 22.4 Å². The highest BCUT2D eigenvalue weighted by Gasteiger charge is 2.33. The molecule has 1 fully saturated rings. The number of rotatable bonds is 6. The maximum absolute atomic E-state index is 13.9. The number of carbonyl (C=O) groups excluding carboxylic acids is 1. The Labute approximate surface area is 213 Å². The van der Waals surface area contributed by atoms with Gasteiger partial charge in [0, 0.05) is 31.2 Å². The van der Waals surface area contributed by atoms with Gasteiger partial charge in [0.2, 0.25) is 5.91 Å². The molecule has 0 bridgehead atoms. The second kappa shape index (κ2) is 11.0. The molecule has 1 amide bonds. The number of alkyl halides is 3. The summed E-state index contributed by atoms with van der Waals surface area (Å²) in [5.41, 5.74) is 2.07. The van der Waals surface area contributed by atoms with E-state index in [1.54, 1.807) is 19.1 Å². The Bertz CT molecular complexity index is 1230. The first kappa shape index (κ1) is 26.2. The Hall–Kier alpha value is -2.90. The summed E-state index contributed by atoms with van der Waals surface area (Å²) in [6.45, 7) is 3.42. The highest BCUT2D eigenvalue weighted by molar-refractivity contribution is 6.31. The predicted molar refractivity (Wildman–Crippen MR) is 132 cm³/mol. The Morgan fingerprint density at radius 1 is 1.06 bits per heavy atom. The molecular formula is C28H27ClF4N2O. The fourth-order valence-corrected chi connectivity index (χ4v) is 4.93. The Kier molecular flexibility index (Phi) is 8.00. The van der Waals surface area contributed by atoms with Crippen molar-refractivity contribution in [3.8, 4) is 0 Å². The molecule has 8 heteroatoms. The second-order valence-electron chi connectivity index (χ2n) is 9.34. The Morgan fingerprint density at radius 3 is 2.56 bits per heavy atom. The van der Waals surface area contributed by atoms with Gasteiger partial charge in [-0.25, -0.2) is 4.39 Å². The van der Waals surface area contributed by atoms with E-state index in [1.807, 2.05) is 30.3 Å². The highest BCUT2D eigenvalue weighted by atomic mass is 35.5. The van der Waals surface area contributed by atoms with Crippen LogP contribution in [0, 0.1) is 18.7 Å². The van der Waals surface area contributed by atoms with Gasteiger partial charge < -0.3 is 5.32 Å². The van der Waals surface area contributed by atoms with Crippen molar-refractivity contribution >= 4 is 17.5 Å². The molecule has 3 aromatic rings. The zero-order valence-electron chi connectivity index (χ0n) is 19.8. The van der Waals surface area contributed by atoms with Crippen molar-refractivity contribution in [1.82, 2.24) is 10.2 Å². The van der Waals surface area contributed by atoms with Crippen LogP contribution >= 0.6 is 11.6 Å². The zero-order valence-corrected chi connectivity index (χ0v) is 20.5. The van der Waals surface area contributed by atoms with Crippen LogP contribution in [0.4, 0.5) is 17.6 Å². The summed E-state index contributed by atoms with van der Waals surface area (Å²) in [4.78, 5) is 15.3. The van der Waals surface area contributed by atoms with Crippen molar-refractivity contribution in [2.75, 3.05) is 13.1 Å². The first-order valence-electron chi connectivity index (χ1n) is 11.8. The molecule has 0 spiro atoms. The standard InChI is InChI=1S/C28H27ClF4N2O/c1-18-11-20(9-10-26(18)30)22-13-23(17-35(16-22)15-21-6-2-3-8-25(21)29)27(36)34-14-19-5-4-7-24(12-19)28(31,32)33/h2-12,22-23H,13-17H2,1H3,(H,34,36)/t22-,23+/m0/s1. The molecule has 3 aromatic carbocycles. The highest BCUT2D eigenvalue weighted by Crippen LogP contribution is 2.33. The van der Waals surface area contributed by atoms with Gasteiger partial charge in [-0.15, -0.1) is 0 Å². The van der Waals surface area contributed by atoms with Crippen LogP contribution in [0.1, 0.15) is 40.2 Å². The van der Waals surface area contributed by atoms with Gasteiger partial charge in [0.15, 0.2) is 0 Å². The van der Waals surface area contributed by atoms with Gasteiger partial charge in [-0.3, -0.25) is 9.69 Å². The number of halogens is 5. The normalized spacial score (nSPS) is 18.7. The molecule has 3 nitrogen and oxygen atoms in total. The van der Waals surface area contributed by atoms with Crippen LogP contribution in [0.5, 0.6) is 0 Å². The van der Waals surface area contributed by atoms with Crippen LogP contribution in [0.3, 0.4) is 0 Å². The topological polar surface area (TPSA) is 32.3 Å². The molecule has 0 radical (unpaired) electrons. The molecular weight excluding hydrogens is 492 g/mol. The first-order valence-corrected chi connectivity index (χ1v) is 12.1. The van der Waals surface area contributed by atoms with Crippen LogP contribution in [0.25, 0.3) is 0 Å². The van der Waals surface area contributed by atoms with Gasteiger partial charge >= 0.3 is 6.18 Å². The average Bonchev–Trinajstić information content (AvgIpc) is 2.85. The molecule has 0 unspecified atom stereocenters. The summed E-state index contributed by atoms with van der Waals surface area (Å²) >= 11 is 6.37. The third-order valence-electron chi connectivity index (χ3n) is 6.62. The molecule has 1 N–H and O–H groups in total. The number of aryl methyl sites for hydroxylation is 1. The number of carbonyl (C=O) groups is 1. The number of nitrogens with zero attached hydrogens (tertiary/aromatic N) is 1. The minimum atomic E-state index is -4.44. The zero-order chi connectivity index (χ0) is 25.9. The molecule has 36 heavy (non-hydrogen) atoms. The number of hydrogen-bond acceptors (Lipinski definition) is 2. The molecule has 4 rings (SSSR count). The van der Waals surface area contributed by atoms with Crippen molar-refractivity contribution in [2.45, 2.75) is 38.5 Å². The summed E-state index contributed by atoms with van der Waals surface area (Å²) in [5.74, 6) is -0.898. The number of amides is 1. The minimum absolute atomic E-state index is 0.00406. The molecule has 1 heterocycles. The summed E-state index contributed by atoms with van der Waals surface area (Å²) in [6, 6.07) is 17.5. The molecule has 1 aliphatic rings. The number of piperidine rings is 1.